The van der Waals surface area contributed by atoms with Crippen LogP contribution in [0.4, 0.5) is 0 Å². The standard InChI is InChI=1S/C21H22N2O/c1-14-3-6-16(7-4-14)12-21(24)23-10-9-20-18(13-23)17-11-15(2)5-8-19(17)22-20/h3-8,11,22H,9-10,12-13H2,1-2H3. The molecule has 1 aromatic heterocycles. The molecular formula is C21H22N2O. The molecule has 0 bridgehead atoms. The molecule has 3 nitrogen and oxygen atoms in total. The van der Waals surface area contributed by atoms with Crippen molar-refractivity contribution in [3.05, 3.63) is 70.4 Å². The number of hydrogen-bond donors (Lipinski definition) is 1. The number of benzene rings is 2. The molecule has 0 spiro atoms. The van der Waals surface area contributed by atoms with Crippen LogP contribution in [0.25, 0.3) is 10.9 Å². The first-order valence-electron chi connectivity index (χ1n) is 8.53. The van der Waals surface area contributed by atoms with Crippen molar-refractivity contribution in [1.29, 1.82) is 0 Å². The number of hydrogen-bond acceptors (Lipinski definition) is 1. The molecule has 0 radical (unpaired) electrons. The van der Waals surface area contributed by atoms with Crippen LogP contribution in [0.3, 0.4) is 0 Å². The topological polar surface area (TPSA) is 36.1 Å². The summed E-state index contributed by atoms with van der Waals surface area (Å²) in [5.41, 5.74) is 7.33. The van der Waals surface area contributed by atoms with Crippen LogP contribution in [-0.4, -0.2) is 22.3 Å². The smallest absolute Gasteiger partial charge is 0.227 e. The number of carbonyl (C=O) groups is 1. The normalized spacial score (nSPS) is 14.0. The number of nitrogens with zero attached hydrogens (tertiary/aromatic N) is 1. The Morgan fingerprint density at radius 1 is 1.08 bits per heavy atom. The maximum absolute atomic E-state index is 12.7. The molecule has 3 heteroatoms. The quantitative estimate of drug-likeness (QED) is 0.764. The number of H-pyrrole nitrogens is 1. The molecule has 1 amide bonds. The summed E-state index contributed by atoms with van der Waals surface area (Å²) in [5.74, 6) is 0.214. The molecule has 1 aliphatic heterocycles. The van der Waals surface area contributed by atoms with E-state index in [2.05, 4.69) is 61.3 Å². The number of aromatic amines is 1. The Hall–Kier alpha value is -2.55. The first-order valence-corrected chi connectivity index (χ1v) is 8.53. The average Bonchev–Trinajstić information content (AvgIpc) is 2.94. The number of aromatic nitrogens is 1. The highest BCUT2D eigenvalue weighted by atomic mass is 16.2. The Balaban J connectivity index is 1.57. The fraction of sp³-hybridized carbons (Fsp3) is 0.286. The van der Waals surface area contributed by atoms with Gasteiger partial charge in [-0.1, -0.05) is 41.5 Å². The Morgan fingerprint density at radius 2 is 1.83 bits per heavy atom. The van der Waals surface area contributed by atoms with Crippen molar-refractivity contribution < 1.29 is 4.79 Å². The van der Waals surface area contributed by atoms with Gasteiger partial charge < -0.3 is 9.88 Å². The predicted octanol–water partition coefficient (Wildman–Crippen LogP) is 3.91. The lowest BCUT2D eigenvalue weighted by Crippen LogP contribution is -2.36. The van der Waals surface area contributed by atoms with E-state index in [0.717, 1.165) is 18.5 Å². The lowest BCUT2D eigenvalue weighted by molar-refractivity contribution is -0.131. The SMILES string of the molecule is Cc1ccc(CC(=O)N2CCc3[nH]c4ccc(C)cc4c3C2)cc1. The molecule has 2 heterocycles. The van der Waals surface area contributed by atoms with Crippen molar-refractivity contribution in [2.45, 2.75) is 33.2 Å². The van der Waals surface area contributed by atoms with E-state index in [1.807, 2.05) is 4.90 Å². The highest BCUT2D eigenvalue weighted by Gasteiger charge is 2.24. The molecule has 0 fully saturated rings. The lowest BCUT2D eigenvalue weighted by atomic mass is 10.0. The minimum Gasteiger partial charge on any atom is -0.358 e. The molecule has 1 aliphatic rings. The number of rotatable bonds is 2. The fourth-order valence-electron chi connectivity index (χ4n) is 3.53. The van der Waals surface area contributed by atoms with Gasteiger partial charge in [0.1, 0.15) is 0 Å². The van der Waals surface area contributed by atoms with E-state index in [-0.39, 0.29) is 5.91 Å². The van der Waals surface area contributed by atoms with E-state index in [4.69, 9.17) is 0 Å². The number of aryl methyl sites for hydroxylation is 2. The van der Waals surface area contributed by atoms with Crippen molar-refractivity contribution >= 4 is 16.8 Å². The molecule has 0 atom stereocenters. The van der Waals surface area contributed by atoms with Crippen LogP contribution in [-0.2, 0) is 24.2 Å². The summed E-state index contributed by atoms with van der Waals surface area (Å²) in [6, 6.07) is 14.7. The highest BCUT2D eigenvalue weighted by Crippen LogP contribution is 2.28. The Morgan fingerprint density at radius 3 is 2.62 bits per heavy atom. The molecule has 0 saturated heterocycles. The van der Waals surface area contributed by atoms with E-state index in [9.17, 15) is 4.79 Å². The minimum absolute atomic E-state index is 0.214. The highest BCUT2D eigenvalue weighted by molar-refractivity contribution is 5.87. The second-order valence-electron chi connectivity index (χ2n) is 6.86. The van der Waals surface area contributed by atoms with Crippen LogP contribution in [0.1, 0.15) is 27.9 Å². The molecule has 0 saturated carbocycles. The van der Waals surface area contributed by atoms with Crippen LogP contribution in [0.5, 0.6) is 0 Å². The monoisotopic (exact) mass is 318 g/mol. The van der Waals surface area contributed by atoms with Crippen LogP contribution in [0.15, 0.2) is 42.5 Å². The summed E-state index contributed by atoms with van der Waals surface area (Å²) in [4.78, 5) is 18.2. The van der Waals surface area contributed by atoms with Gasteiger partial charge in [0.2, 0.25) is 5.91 Å². The third-order valence-electron chi connectivity index (χ3n) is 4.96. The van der Waals surface area contributed by atoms with Gasteiger partial charge in [-0.2, -0.15) is 0 Å². The zero-order valence-electron chi connectivity index (χ0n) is 14.2. The molecule has 4 rings (SSSR count). The summed E-state index contributed by atoms with van der Waals surface area (Å²) in [6.45, 7) is 5.69. The molecule has 24 heavy (non-hydrogen) atoms. The fourth-order valence-corrected chi connectivity index (χ4v) is 3.53. The van der Waals surface area contributed by atoms with E-state index in [1.54, 1.807) is 0 Å². The molecule has 0 unspecified atom stereocenters. The van der Waals surface area contributed by atoms with Gasteiger partial charge >= 0.3 is 0 Å². The van der Waals surface area contributed by atoms with Gasteiger partial charge in [-0.15, -0.1) is 0 Å². The van der Waals surface area contributed by atoms with Gasteiger partial charge in [0.15, 0.2) is 0 Å². The second-order valence-corrected chi connectivity index (χ2v) is 6.86. The zero-order valence-corrected chi connectivity index (χ0v) is 14.2. The lowest BCUT2D eigenvalue weighted by Gasteiger charge is -2.27. The van der Waals surface area contributed by atoms with Crippen molar-refractivity contribution in [2.24, 2.45) is 0 Å². The molecule has 2 aromatic carbocycles. The average molecular weight is 318 g/mol. The second kappa shape index (κ2) is 5.82. The Kier molecular flexibility index (Phi) is 3.64. The summed E-state index contributed by atoms with van der Waals surface area (Å²) < 4.78 is 0. The first-order chi connectivity index (χ1) is 11.6. The van der Waals surface area contributed by atoms with Crippen LogP contribution in [0.2, 0.25) is 0 Å². The van der Waals surface area contributed by atoms with Gasteiger partial charge in [0.05, 0.1) is 6.42 Å². The first kappa shape index (κ1) is 15.0. The summed E-state index contributed by atoms with van der Waals surface area (Å²) >= 11 is 0. The number of nitrogens with one attached hydrogen (secondary N) is 1. The van der Waals surface area contributed by atoms with Crippen molar-refractivity contribution in [2.75, 3.05) is 6.54 Å². The molecule has 1 N–H and O–H groups in total. The van der Waals surface area contributed by atoms with E-state index in [1.165, 1.54) is 33.3 Å². The molecule has 122 valence electrons. The summed E-state index contributed by atoms with van der Waals surface area (Å²) in [5, 5.41) is 1.26. The van der Waals surface area contributed by atoms with Crippen LogP contribution in [0, 0.1) is 13.8 Å². The largest absolute Gasteiger partial charge is 0.358 e. The van der Waals surface area contributed by atoms with Crippen molar-refractivity contribution in [3.63, 3.8) is 0 Å². The predicted molar refractivity (Wildman–Crippen MR) is 97.0 cm³/mol. The van der Waals surface area contributed by atoms with Gasteiger partial charge in [-0.3, -0.25) is 4.79 Å². The van der Waals surface area contributed by atoms with Gasteiger partial charge in [-0.25, -0.2) is 0 Å². The van der Waals surface area contributed by atoms with Gasteiger partial charge in [-0.05, 0) is 31.5 Å². The maximum Gasteiger partial charge on any atom is 0.227 e. The summed E-state index contributed by atoms with van der Waals surface area (Å²) in [7, 11) is 0. The van der Waals surface area contributed by atoms with Crippen LogP contribution < -0.4 is 0 Å². The number of fused-ring (bicyclic) bond motifs is 3. The van der Waals surface area contributed by atoms with E-state index in [0.29, 0.717) is 13.0 Å². The van der Waals surface area contributed by atoms with Gasteiger partial charge in [0, 0.05) is 41.7 Å². The third-order valence-corrected chi connectivity index (χ3v) is 4.96. The Bertz CT molecular complexity index is 905. The van der Waals surface area contributed by atoms with Crippen molar-refractivity contribution in [1.82, 2.24) is 9.88 Å². The summed E-state index contributed by atoms with van der Waals surface area (Å²) in [6.07, 6.45) is 1.39. The number of amides is 1. The molecule has 3 aromatic rings. The number of carbonyl (C=O) groups excluding carboxylic acids is 1. The Labute approximate surface area is 142 Å². The zero-order chi connectivity index (χ0) is 16.7. The molecule has 0 aliphatic carbocycles. The van der Waals surface area contributed by atoms with Crippen molar-refractivity contribution in [3.8, 4) is 0 Å². The van der Waals surface area contributed by atoms with E-state index >= 15 is 0 Å². The third kappa shape index (κ3) is 2.71. The minimum atomic E-state index is 0.214. The van der Waals surface area contributed by atoms with Gasteiger partial charge in [0.25, 0.3) is 0 Å². The van der Waals surface area contributed by atoms with E-state index < -0.39 is 0 Å². The van der Waals surface area contributed by atoms with Crippen LogP contribution >= 0.6 is 0 Å². The maximum atomic E-state index is 12.7. The molecular weight excluding hydrogens is 296 g/mol.